The molecule has 160 valence electrons. The Bertz CT molecular complexity index is 1200. The first-order valence-electron chi connectivity index (χ1n) is 10.0. The second kappa shape index (κ2) is 10.6. The van der Waals surface area contributed by atoms with Gasteiger partial charge >= 0.3 is 11.9 Å². The van der Waals surface area contributed by atoms with Crippen molar-refractivity contribution in [3.05, 3.63) is 94.3 Å². The number of hydrogen-bond donors (Lipinski definition) is 0. The van der Waals surface area contributed by atoms with Crippen molar-refractivity contribution in [2.24, 2.45) is 0 Å². The Morgan fingerprint density at radius 3 is 2.38 bits per heavy atom. The van der Waals surface area contributed by atoms with Crippen LogP contribution in [0.2, 0.25) is 0 Å². The Morgan fingerprint density at radius 2 is 1.69 bits per heavy atom. The molecule has 0 aliphatic rings. The van der Waals surface area contributed by atoms with E-state index in [2.05, 4.69) is 12.1 Å². The summed E-state index contributed by atoms with van der Waals surface area (Å²) >= 11 is 0. The van der Waals surface area contributed by atoms with E-state index in [0.717, 1.165) is 16.7 Å². The number of carbonyl (C=O) groups excluding carboxylic acids is 2. The third-order valence-electron chi connectivity index (χ3n) is 4.71. The van der Waals surface area contributed by atoms with Crippen LogP contribution in [0.4, 0.5) is 0 Å². The lowest BCUT2D eigenvalue weighted by Crippen LogP contribution is -2.17. The van der Waals surface area contributed by atoms with Crippen LogP contribution in [0.1, 0.15) is 45.1 Å². The molecule has 32 heavy (non-hydrogen) atoms. The molecule has 0 unspecified atom stereocenters. The van der Waals surface area contributed by atoms with Crippen LogP contribution in [-0.4, -0.2) is 29.7 Å². The van der Waals surface area contributed by atoms with Gasteiger partial charge in [-0.2, -0.15) is 10.5 Å². The summed E-state index contributed by atoms with van der Waals surface area (Å²) < 4.78 is 11.8. The van der Waals surface area contributed by atoms with E-state index in [-0.39, 0.29) is 6.61 Å². The quantitative estimate of drug-likeness (QED) is 0.509. The average Bonchev–Trinajstić information content (AvgIpc) is 3.20. The van der Waals surface area contributed by atoms with E-state index in [1.807, 2.05) is 35.0 Å². The molecule has 0 saturated heterocycles. The lowest BCUT2D eigenvalue weighted by molar-refractivity contribution is -0.146. The number of rotatable bonds is 8. The molecule has 7 heteroatoms. The minimum atomic E-state index is -0.619. The maximum absolute atomic E-state index is 12.7. The number of esters is 2. The van der Waals surface area contributed by atoms with Crippen LogP contribution in [0.25, 0.3) is 0 Å². The lowest BCUT2D eigenvalue weighted by atomic mass is 10.0. The minimum absolute atomic E-state index is 0.207. The maximum atomic E-state index is 12.7. The van der Waals surface area contributed by atoms with Crippen molar-refractivity contribution >= 4 is 11.9 Å². The van der Waals surface area contributed by atoms with E-state index in [1.165, 1.54) is 0 Å². The van der Waals surface area contributed by atoms with Crippen molar-refractivity contribution in [3.8, 4) is 12.1 Å². The molecule has 0 aliphatic carbocycles. The van der Waals surface area contributed by atoms with E-state index in [4.69, 9.17) is 20.0 Å². The van der Waals surface area contributed by atoms with Gasteiger partial charge in [0.2, 0.25) is 0 Å². The Balaban J connectivity index is 1.85. The van der Waals surface area contributed by atoms with Crippen molar-refractivity contribution in [2.75, 3.05) is 13.2 Å². The summed E-state index contributed by atoms with van der Waals surface area (Å²) in [6.07, 6.45) is 3.96. The zero-order chi connectivity index (χ0) is 22.9. The van der Waals surface area contributed by atoms with Gasteiger partial charge in [0.05, 0.1) is 35.4 Å². The predicted molar refractivity (Wildman–Crippen MR) is 116 cm³/mol. The molecule has 0 aliphatic heterocycles. The molecule has 3 rings (SSSR count). The van der Waals surface area contributed by atoms with Crippen molar-refractivity contribution in [1.29, 1.82) is 10.5 Å². The highest BCUT2D eigenvalue weighted by atomic mass is 16.6. The second-order valence-corrected chi connectivity index (χ2v) is 7.05. The van der Waals surface area contributed by atoms with Gasteiger partial charge in [0.1, 0.15) is 0 Å². The third-order valence-corrected chi connectivity index (χ3v) is 4.71. The summed E-state index contributed by atoms with van der Waals surface area (Å²) in [5.74, 6) is -1.23. The topological polar surface area (TPSA) is 105 Å². The number of nitriles is 2. The fourth-order valence-corrected chi connectivity index (χ4v) is 3.24. The molecule has 0 bridgehead atoms. The van der Waals surface area contributed by atoms with Crippen LogP contribution in [0, 0.1) is 22.7 Å². The first-order chi connectivity index (χ1) is 15.5. The molecule has 7 nitrogen and oxygen atoms in total. The molecule has 0 amide bonds. The van der Waals surface area contributed by atoms with Crippen molar-refractivity contribution in [3.63, 3.8) is 0 Å². The zero-order valence-corrected chi connectivity index (χ0v) is 17.6. The number of hydrogen-bond acceptors (Lipinski definition) is 6. The molecular formula is C25H21N3O4. The standard InChI is InChI=1S/C25H21N3O4/c1-2-31-24(29)17-32-25(30)23-16-28(14-21-5-3-4-20(10-21)13-27)15-22(23)11-18-6-8-19(12-26)9-7-18/h3-10,15-16H,2,11,14,17H2,1H3. The Kier molecular flexibility index (Phi) is 7.40. The highest BCUT2D eigenvalue weighted by molar-refractivity contribution is 5.92. The molecular weight excluding hydrogens is 406 g/mol. The number of benzene rings is 2. The molecule has 0 fully saturated rings. The van der Waals surface area contributed by atoms with Gasteiger partial charge in [-0.25, -0.2) is 9.59 Å². The summed E-state index contributed by atoms with van der Waals surface area (Å²) in [5, 5.41) is 18.1. The van der Waals surface area contributed by atoms with E-state index in [9.17, 15) is 9.59 Å². The molecule has 2 aromatic carbocycles. The Hall–Kier alpha value is -4.36. The van der Waals surface area contributed by atoms with Crippen molar-refractivity contribution in [1.82, 2.24) is 4.57 Å². The molecule has 0 saturated carbocycles. The smallest absolute Gasteiger partial charge is 0.344 e. The van der Waals surface area contributed by atoms with Crippen LogP contribution in [0.3, 0.4) is 0 Å². The van der Waals surface area contributed by atoms with Crippen LogP contribution in [-0.2, 0) is 27.2 Å². The fraction of sp³-hybridized carbons (Fsp3) is 0.200. The minimum Gasteiger partial charge on any atom is -0.463 e. The van der Waals surface area contributed by atoms with Crippen molar-refractivity contribution < 1.29 is 19.1 Å². The van der Waals surface area contributed by atoms with E-state index in [1.54, 1.807) is 37.4 Å². The molecule has 0 N–H and O–H groups in total. The summed E-state index contributed by atoms with van der Waals surface area (Å²) in [5.41, 5.74) is 4.01. The van der Waals surface area contributed by atoms with Gasteiger partial charge in [0.25, 0.3) is 0 Å². The number of ether oxygens (including phenoxy) is 2. The highest BCUT2D eigenvalue weighted by Crippen LogP contribution is 2.19. The zero-order valence-electron chi connectivity index (χ0n) is 17.6. The number of aromatic nitrogens is 1. The van der Waals surface area contributed by atoms with Gasteiger partial charge in [-0.05, 0) is 54.3 Å². The number of carbonyl (C=O) groups is 2. The van der Waals surface area contributed by atoms with Gasteiger partial charge in [0, 0.05) is 18.9 Å². The normalized spacial score (nSPS) is 10.1. The molecule has 0 spiro atoms. The molecule has 1 heterocycles. The Labute approximate surface area is 186 Å². The summed E-state index contributed by atoms with van der Waals surface area (Å²) in [6.45, 7) is 1.88. The van der Waals surface area contributed by atoms with Gasteiger partial charge in [-0.3, -0.25) is 0 Å². The van der Waals surface area contributed by atoms with Gasteiger partial charge in [0.15, 0.2) is 6.61 Å². The van der Waals surface area contributed by atoms with E-state index < -0.39 is 18.5 Å². The monoisotopic (exact) mass is 427 g/mol. The molecule has 1 aromatic heterocycles. The average molecular weight is 427 g/mol. The molecule has 3 aromatic rings. The van der Waals surface area contributed by atoms with E-state index >= 15 is 0 Å². The number of nitrogens with zero attached hydrogens (tertiary/aromatic N) is 3. The first-order valence-corrected chi connectivity index (χ1v) is 10.0. The Morgan fingerprint density at radius 1 is 0.938 bits per heavy atom. The van der Waals surface area contributed by atoms with Crippen LogP contribution < -0.4 is 0 Å². The van der Waals surface area contributed by atoms with Gasteiger partial charge < -0.3 is 14.0 Å². The fourth-order valence-electron chi connectivity index (χ4n) is 3.24. The summed E-state index contributed by atoms with van der Waals surface area (Å²) in [4.78, 5) is 24.3. The van der Waals surface area contributed by atoms with Crippen LogP contribution >= 0.6 is 0 Å². The van der Waals surface area contributed by atoms with Gasteiger partial charge in [-0.1, -0.05) is 24.3 Å². The predicted octanol–water partition coefficient (Wildman–Crippen LogP) is 3.59. The molecule has 0 atom stereocenters. The van der Waals surface area contributed by atoms with Crippen LogP contribution in [0.5, 0.6) is 0 Å². The third kappa shape index (κ3) is 5.84. The first kappa shape index (κ1) is 22.3. The summed E-state index contributed by atoms with van der Waals surface area (Å²) in [6, 6.07) is 18.5. The largest absolute Gasteiger partial charge is 0.463 e. The second-order valence-electron chi connectivity index (χ2n) is 7.05. The van der Waals surface area contributed by atoms with Gasteiger partial charge in [-0.15, -0.1) is 0 Å². The maximum Gasteiger partial charge on any atom is 0.344 e. The van der Waals surface area contributed by atoms with Crippen LogP contribution in [0.15, 0.2) is 60.9 Å². The van der Waals surface area contributed by atoms with E-state index in [0.29, 0.717) is 29.7 Å². The lowest BCUT2D eigenvalue weighted by Gasteiger charge is -2.06. The SMILES string of the molecule is CCOC(=O)COC(=O)c1cn(Cc2cccc(C#N)c2)cc1Cc1ccc(C#N)cc1. The summed E-state index contributed by atoms with van der Waals surface area (Å²) in [7, 11) is 0. The van der Waals surface area contributed by atoms with Crippen molar-refractivity contribution in [2.45, 2.75) is 19.9 Å². The highest BCUT2D eigenvalue weighted by Gasteiger charge is 2.18. The molecule has 0 radical (unpaired) electrons.